The molecule has 9 heteroatoms. The molecule has 1 aliphatic carbocycles. The highest BCUT2D eigenvalue weighted by Gasteiger charge is 2.32. The highest BCUT2D eigenvalue weighted by atomic mass is 79.9. The normalized spacial score (nSPS) is 14.3. The van der Waals surface area contributed by atoms with Crippen LogP contribution in [0.3, 0.4) is 0 Å². The summed E-state index contributed by atoms with van der Waals surface area (Å²) in [5, 5.41) is 3.23. The average Bonchev–Trinajstić information content (AvgIpc) is 3.45. The van der Waals surface area contributed by atoms with Gasteiger partial charge < -0.3 is 10.2 Å². The van der Waals surface area contributed by atoms with Crippen molar-refractivity contribution in [3.05, 3.63) is 99.5 Å². The molecule has 0 heterocycles. The van der Waals surface area contributed by atoms with Crippen LogP contribution in [-0.4, -0.2) is 50.0 Å². The topological polar surface area (TPSA) is 86.8 Å². The molecule has 43 heavy (non-hydrogen) atoms. The number of rotatable bonds is 13. The summed E-state index contributed by atoms with van der Waals surface area (Å²) in [7, 11) is -3.57. The number of nitrogens with zero attached hydrogens (tertiary/aromatic N) is 2. The van der Waals surface area contributed by atoms with Crippen LogP contribution < -0.4 is 9.62 Å². The molecule has 230 valence electrons. The van der Waals surface area contributed by atoms with Crippen LogP contribution in [0.4, 0.5) is 5.69 Å². The van der Waals surface area contributed by atoms with Gasteiger partial charge in [0.1, 0.15) is 6.04 Å². The maximum absolute atomic E-state index is 14.0. The van der Waals surface area contributed by atoms with Crippen molar-refractivity contribution in [3.63, 3.8) is 0 Å². The Bertz CT molecular complexity index is 1490. The molecule has 1 fully saturated rings. The molecule has 4 rings (SSSR count). The van der Waals surface area contributed by atoms with Crippen LogP contribution in [-0.2, 0) is 32.6 Å². The minimum absolute atomic E-state index is 0.104. The Kier molecular flexibility index (Phi) is 11.4. The molecule has 0 bridgehead atoms. The number of hydrogen-bond donors (Lipinski definition) is 1. The lowest BCUT2D eigenvalue weighted by molar-refractivity contribution is -0.141. The first-order valence-electron chi connectivity index (χ1n) is 14.9. The number of carbonyl (C=O) groups is 2. The lowest BCUT2D eigenvalue weighted by Crippen LogP contribution is -2.52. The van der Waals surface area contributed by atoms with Crippen LogP contribution in [0.5, 0.6) is 0 Å². The molecule has 1 aliphatic rings. The first-order chi connectivity index (χ1) is 20.5. The van der Waals surface area contributed by atoms with Crippen LogP contribution in [0.1, 0.15) is 60.8 Å². The monoisotopic (exact) mass is 667 g/mol. The summed E-state index contributed by atoms with van der Waals surface area (Å²) in [5.41, 5.74) is 4.41. The van der Waals surface area contributed by atoms with Crippen molar-refractivity contribution in [1.29, 1.82) is 0 Å². The second-order valence-electron chi connectivity index (χ2n) is 11.6. The van der Waals surface area contributed by atoms with Crippen molar-refractivity contribution in [3.8, 4) is 0 Å². The van der Waals surface area contributed by atoms with E-state index in [9.17, 15) is 18.0 Å². The molecule has 0 aliphatic heterocycles. The molecule has 2 amide bonds. The number of anilines is 1. The quantitative estimate of drug-likeness (QED) is 0.231. The standard InChI is InChI=1S/C34H42BrN3O4S/c1-25-19-26(2)21-31(20-25)38(43(3,41)42)18-10-17-33(39)37(24-28-13-9-14-29(35)22-28)32(23-27-11-5-4-6-12-27)34(40)36-30-15-7-8-16-30/h4-6,9,11-14,19-22,30,32H,7-8,10,15-18,23-24H2,1-3H3,(H,36,40)/t32-/m0/s1. The third-order valence-corrected chi connectivity index (χ3v) is 9.55. The predicted octanol–water partition coefficient (Wildman–Crippen LogP) is 6.31. The van der Waals surface area contributed by atoms with Crippen LogP contribution in [0.2, 0.25) is 0 Å². The van der Waals surface area contributed by atoms with Gasteiger partial charge in [0, 0.05) is 36.4 Å². The molecular formula is C34H42BrN3O4S. The summed E-state index contributed by atoms with van der Waals surface area (Å²) < 4.78 is 27.8. The van der Waals surface area contributed by atoms with Gasteiger partial charge in [-0.15, -0.1) is 0 Å². The van der Waals surface area contributed by atoms with Gasteiger partial charge in [0.05, 0.1) is 11.9 Å². The zero-order valence-electron chi connectivity index (χ0n) is 25.3. The minimum atomic E-state index is -3.57. The number of carbonyl (C=O) groups excluding carboxylic acids is 2. The number of hydrogen-bond acceptors (Lipinski definition) is 4. The molecule has 3 aromatic rings. The van der Waals surface area contributed by atoms with Gasteiger partial charge >= 0.3 is 0 Å². The Balaban J connectivity index is 1.59. The summed E-state index contributed by atoms with van der Waals surface area (Å²) in [5.74, 6) is -0.330. The molecule has 7 nitrogen and oxygen atoms in total. The fraction of sp³-hybridized carbons (Fsp3) is 0.412. The van der Waals surface area contributed by atoms with E-state index in [-0.39, 0.29) is 37.4 Å². The molecule has 0 unspecified atom stereocenters. The predicted molar refractivity (Wildman–Crippen MR) is 176 cm³/mol. The smallest absolute Gasteiger partial charge is 0.243 e. The van der Waals surface area contributed by atoms with Gasteiger partial charge in [-0.05, 0) is 79.6 Å². The number of halogens is 1. The van der Waals surface area contributed by atoms with E-state index in [1.165, 1.54) is 10.6 Å². The maximum atomic E-state index is 14.0. The van der Waals surface area contributed by atoms with Crippen LogP contribution in [0.15, 0.2) is 77.3 Å². The van der Waals surface area contributed by atoms with Crippen molar-refractivity contribution < 1.29 is 18.0 Å². The van der Waals surface area contributed by atoms with Gasteiger partial charge in [0.25, 0.3) is 0 Å². The third kappa shape index (κ3) is 9.66. The summed E-state index contributed by atoms with van der Waals surface area (Å²) in [4.78, 5) is 29.6. The SMILES string of the molecule is Cc1cc(C)cc(N(CCCC(=O)N(Cc2cccc(Br)c2)[C@@H](Cc2ccccc2)C(=O)NC2CCCC2)S(C)(=O)=O)c1. The Morgan fingerprint density at radius 3 is 2.21 bits per heavy atom. The van der Waals surface area contributed by atoms with E-state index < -0.39 is 16.1 Å². The Morgan fingerprint density at radius 1 is 0.930 bits per heavy atom. The molecule has 0 spiro atoms. The van der Waals surface area contributed by atoms with E-state index in [1.54, 1.807) is 4.90 Å². The lowest BCUT2D eigenvalue weighted by Gasteiger charge is -2.33. The second kappa shape index (κ2) is 15.0. The van der Waals surface area contributed by atoms with E-state index >= 15 is 0 Å². The van der Waals surface area contributed by atoms with E-state index in [0.717, 1.165) is 52.4 Å². The van der Waals surface area contributed by atoms with Crippen molar-refractivity contribution in [2.45, 2.75) is 77.4 Å². The molecule has 1 atom stereocenters. The van der Waals surface area contributed by atoms with Crippen molar-refractivity contribution in [2.75, 3.05) is 17.1 Å². The zero-order valence-corrected chi connectivity index (χ0v) is 27.7. The van der Waals surface area contributed by atoms with Gasteiger partial charge in [0.15, 0.2) is 0 Å². The molecule has 0 radical (unpaired) electrons. The number of benzene rings is 3. The van der Waals surface area contributed by atoms with Crippen LogP contribution in [0, 0.1) is 13.8 Å². The summed E-state index contributed by atoms with van der Waals surface area (Å²) in [6.07, 6.45) is 6.07. The number of aryl methyl sites for hydroxylation is 2. The van der Waals surface area contributed by atoms with Gasteiger partial charge in [-0.1, -0.05) is 77.3 Å². The molecule has 1 N–H and O–H groups in total. The lowest BCUT2D eigenvalue weighted by atomic mass is 10.0. The summed E-state index contributed by atoms with van der Waals surface area (Å²) in [6, 6.07) is 22.6. The van der Waals surface area contributed by atoms with E-state index in [1.807, 2.05) is 86.6 Å². The molecular weight excluding hydrogens is 626 g/mol. The molecule has 0 aromatic heterocycles. The highest BCUT2D eigenvalue weighted by Crippen LogP contribution is 2.24. The van der Waals surface area contributed by atoms with Crippen molar-refractivity contribution in [1.82, 2.24) is 10.2 Å². The van der Waals surface area contributed by atoms with Crippen molar-refractivity contribution in [2.24, 2.45) is 0 Å². The minimum Gasteiger partial charge on any atom is -0.352 e. The van der Waals surface area contributed by atoms with E-state index in [4.69, 9.17) is 0 Å². The molecule has 1 saturated carbocycles. The Labute approximate surface area is 264 Å². The summed E-state index contributed by atoms with van der Waals surface area (Å²) >= 11 is 3.53. The average molecular weight is 669 g/mol. The fourth-order valence-electron chi connectivity index (χ4n) is 5.85. The first kappa shape index (κ1) is 32.7. The zero-order chi connectivity index (χ0) is 31.0. The molecule has 0 saturated heterocycles. The van der Waals surface area contributed by atoms with Crippen LogP contribution >= 0.6 is 15.9 Å². The number of nitrogens with one attached hydrogen (secondary N) is 1. The number of sulfonamides is 1. The van der Waals surface area contributed by atoms with Gasteiger partial charge in [-0.3, -0.25) is 13.9 Å². The van der Waals surface area contributed by atoms with Crippen molar-refractivity contribution >= 4 is 43.5 Å². The van der Waals surface area contributed by atoms with Gasteiger partial charge in [0.2, 0.25) is 21.8 Å². The summed E-state index contributed by atoms with van der Waals surface area (Å²) in [6.45, 7) is 4.30. The third-order valence-electron chi connectivity index (χ3n) is 7.86. The van der Waals surface area contributed by atoms with Gasteiger partial charge in [-0.2, -0.15) is 0 Å². The first-order valence-corrected chi connectivity index (χ1v) is 17.6. The van der Waals surface area contributed by atoms with E-state index in [2.05, 4.69) is 21.2 Å². The Hall–Kier alpha value is -3.17. The Morgan fingerprint density at radius 2 is 1.58 bits per heavy atom. The molecule has 3 aromatic carbocycles. The van der Waals surface area contributed by atoms with Gasteiger partial charge in [-0.25, -0.2) is 8.42 Å². The number of amides is 2. The van der Waals surface area contributed by atoms with E-state index in [0.29, 0.717) is 18.5 Å². The highest BCUT2D eigenvalue weighted by molar-refractivity contribution is 9.10. The second-order valence-corrected chi connectivity index (χ2v) is 14.5. The van der Waals surface area contributed by atoms with Crippen LogP contribution in [0.25, 0.3) is 0 Å². The largest absolute Gasteiger partial charge is 0.352 e. The maximum Gasteiger partial charge on any atom is 0.243 e. The fourth-order valence-corrected chi connectivity index (χ4v) is 7.25.